The van der Waals surface area contributed by atoms with Gasteiger partial charge in [-0.2, -0.15) is 0 Å². The molecular weight excluding hydrogens is 380 g/mol. The molecule has 1 fully saturated rings. The largest absolute Gasteiger partial charge is 0.494 e. The Labute approximate surface area is 178 Å². The number of methoxy groups -OCH3 is 1. The van der Waals surface area contributed by atoms with E-state index in [0.29, 0.717) is 6.61 Å². The smallest absolute Gasteiger partial charge is 0.333 e. The third kappa shape index (κ3) is 5.83. The van der Waals surface area contributed by atoms with Crippen LogP contribution in [0.5, 0.6) is 5.75 Å². The molecular formula is C24H31N2O4+. The Morgan fingerprint density at radius 1 is 1.07 bits per heavy atom. The molecule has 1 saturated heterocycles. The average molecular weight is 412 g/mol. The van der Waals surface area contributed by atoms with Crippen molar-refractivity contribution in [2.75, 3.05) is 26.8 Å². The molecule has 2 aromatic carbocycles. The Hall–Kier alpha value is -2.86. The van der Waals surface area contributed by atoms with Crippen molar-refractivity contribution in [3.05, 3.63) is 65.7 Å². The SMILES string of the molecule is CCOc1ccc(C[NH+]2CCC(C(=O)N[C@@H](C(=O)OC)c3ccccc3)CC2)cc1. The molecule has 0 aliphatic carbocycles. The predicted octanol–water partition coefficient (Wildman–Crippen LogP) is 1.91. The highest BCUT2D eigenvalue weighted by Crippen LogP contribution is 2.18. The van der Waals surface area contributed by atoms with Crippen LogP contribution in [0.4, 0.5) is 0 Å². The molecule has 0 bridgehead atoms. The molecule has 1 amide bonds. The van der Waals surface area contributed by atoms with Crippen molar-refractivity contribution < 1.29 is 24.0 Å². The minimum Gasteiger partial charge on any atom is -0.494 e. The van der Waals surface area contributed by atoms with E-state index in [4.69, 9.17) is 9.47 Å². The summed E-state index contributed by atoms with van der Waals surface area (Å²) in [6.45, 7) is 5.45. The molecule has 6 nitrogen and oxygen atoms in total. The maximum Gasteiger partial charge on any atom is 0.333 e. The highest BCUT2D eigenvalue weighted by molar-refractivity contribution is 5.86. The summed E-state index contributed by atoms with van der Waals surface area (Å²) in [5.41, 5.74) is 2.00. The van der Waals surface area contributed by atoms with Crippen molar-refractivity contribution in [1.29, 1.82) is 0 Å². The molecule has 1 aliphatic heterocycles. The van der Waals surface area contributed by atoms with Gasteiger partial charge in [0.2, 0.25) is 5.91 Å². The molecule has 6 heteroatoms. The van der Waals surface area contributed by atoms with E-state index in [2.05, 4.69) is 17.4 Å². The number of piperidine rings is 1. The van der Waals surface area contributed by atoms with Crippen molar-refractivity contribution in [1.82, 2.24) is 5.32 Å². The van der Waals surface area contributed by atoms with E-state index in [9.17, 15) is 9.59 Å². The summed E-state index contributed by atoms with van der Waals surface area (Å²) in [4.78, 5) is 26.5. The van der Waals surface area contributed by atoms with Gasteiger partial charge in [0, 0.05) is 24.3 Å². The van der Waals surface area contributed by atoms with Gasteiger partial charge in [-0.25, -0.2) is 4.79 Å². The van der Waals surface area contributed by atoms with E-state index in [0.717, 1.165) is 43.8 Å². The van der Waals surface area contributed by atoms with Gasteiger partial charge in [0.1, 0.15) is 12.3 Å². The molecule has 2 aromatic rings. The molecule has 1 atom stereocenters. The van der Waals surface area contributed by atoms with Crippen LogP contribution in [-0.4, -0.2) is 38.7 Å². The first kappa shape index (κ1) is 21.8. The van der Waals surface area contributed by atoms with Gasteiger partial charge in [-0.15, -0.1) is 0 Å². The van der Waals surface area contributed by atoms with Gasteiger partial charge in [-0.05, 0) is 36.8 Å². The standard InChI is InChI=1S/C24H30N2O4/c1-3-30-21-11-9-18(10-12-21)17-26-15-13-20(14-16-26)23(27)25-22(24(28)29-2)19-7-5-4-6-8-19/h4-12,20,22H,3,13-17H2,1-2H3,(H,25,27)/p+1/t22-/m1/s1. The van der Waals surface area contributed by atoms with Gasteiger partial charge in [-0.3, -0.25) is 4.79 Å². The van der Waals surface area contributed by atoms with Crippen molar-refractivity contribution in [3.63, 3.8) is 0 Å². The van der Waals surface area contributed by atoms with Crippen LogP contribution in [0.1, 0.15) is 36.9 Å². The number of quaternary nitrogens is 1. The fourth-order valence-corrected chi connectivity index (χ4v) is 3.93. The van der Waals surface area contributed by atoms with Crippen molar-refractivity contribution in [2.24, 2.45) is 5.92 Å². The number of esters is 1. The lowest BCUT2D eigenvalue weighted by atomic mass is 9.94. The second kappa shape index (κ2) is 10.8. The second-order valence-electron chi connectivity index (χ2n) is 7.65. The third-order valence-electron chi connectivity index (χ3n) is 5.61. The fourth-order valence-electron chi connectivity index (χ4n) is 3.93. The molecule has 2 N–H and O–H groups in total. The number of hydrogen-bond acceptors (Lipinski definition) is 4. The first-order valence-electron chi connectivity index (χ1n) is 10.6. The summed E-state index contributed by atoms with van der Waals surface area (Å²) < 4.78 is 10.4. The number of hydrogen-bond donors (Lipinski definition) is 2. The number of likely N-dealkylation sites (tertiary alicyclic amines) is 1. The Balaban J connectivity index is 1.52. The highest BCUT2D eigenvalue weighted by atomic mass is 16.5. The van der Waals surface area contributed by atoms with E-state index in [-0.39, 0.29) is 11.8 Å². The summed E-state index contributed by atoms with van der Waals surface area (Å²) in [5.74, 6) is 0.289. The predicted molar refractivity (Wildman–Crippen MR) is 114 cm³/mol. The summed E-state index contributed by atoms with van der Waals surface area (Å²) in [6.07, 6.45) is 1.61. The third-order valence-corrected chi connectivity index (χ3v) is 5.61. The number of benzene rings is 2. The zero-order valence-electron chi connectivity index (χ0n) is 17.7. The lowest BCUT2D eigenvalue weighted by molar-refractivity contribution is -0.919. The first-order valence-corrected chi connectivity index (χ1v) is 10.6. The zero-order chi connectivity index (χ0) is 21.3. The lowest BCUT2D eigenvalue weighted by Crippen LogP contribution is -3.11. The van der Waals surface area contributed by atoms with Gasteiger partial charge >= 0.3 is 5.97 Å². The van der Waals surface area contributed by atoms with E-state index >= 15 is 0 Å². The van der Waals surface area contributed by atoms with E-state index in [1.165, 1.54) is 17.6 Å². The second-order valence-corrected chi connectivity index (χ2v) is 7.65. The highest BCUT2D eigenvalue weighted by Gasteiger charge is 2.31. The maximum absolute atomic E-state index is 12.8. The van der Waals surface area contributed by atoms with Gasteiger partial charge in [0.25, 0.3) is 0 Å². The van der Waals surface area contributed by atoms with Crippen LogP contribution < -0.4 is 15.0 Å². The molecule has 0 saturated carbocycles. The zero-order valence-corrected chi connectivity index (χ0v) is 17.7. The van der Waals surface area contributed by atoms with Gasteiger partial charge in [0.05, 0.1) is 26.8 Å². The van der Waals surface area contributed by atoms with Crippen LogP contribution in [-0.2, 0) is 20.9 Å². The van der Waals surface area contributed by atoms with Crippen molar-refractivity contribution in [3.8, 4) is 5.75 Å². The van der Waals surface area contributed by atoms with Crippen LogP contribution in [0.15, 0.2) is 54.6 Å². The van der Waals surface area contributed by atoms with Crippen LogP contribution in [0, 0.1) is 5.92 Å². The molecule has 0 aromatic heterocycles. The number of carbonyl (C=O) groups excluding carboxylic acids is 2. The molecule has 1 aliphatic rings. The van der Waals surface area contributed by atoms with Gasteiger partial charge in [0.15, 0.2) is 6.04 Å². The minimum absolute atomic E-state index is 0.0747. The number of carbonyl (C=O) groups is 2. The molecule has 30 heavy (non-hydrogen) atoms. The summed E-state index contributed by atoms with van der Waals surface area (Å²) in [7, 11) is 1.34. The molecule has 160 valence electrons. The van der Waals surface area contributed by atoms with Crippen LogP contribution in [0.25, 0.3) is 0 Å². The molecule has 3 rings (SSSR count). The molecule has 0 spiro atoms. The van der Waals surface area contributed by atoms with E-state index in [1.54, 1.807) is 0 Å². The average Bonchev–Trinajstić information content (AvgIpc) is 2.79. The molecule has 1 heterocycles. The monoisotopic (exact) mass is 411 g/mol. The summed E-state index contributed by atoms with van der Waals surface area (Å²) in [5, 5.41) is 2.90. The van der Waals surface area contributed by atoms with Crippen LogP contribution >= 0.6 is 0 Å². The number of nitrogens with one attached hydrogen (secondary N) is 2. The topological polar surface area (TPSA) is 69.1 Å². The molecule has 0 radical (unpaired) electrons. The Bertz CT molecular complexity index is 815. The van der Waals surface area contributed by atoms with E-state index in [1.807, 2.05) is 49.4 Å². The number of rotatable bonds is 8. The lowest BCUT2D eigenvalue weighted by Gasteiger charge is -2.29. The maximum atomic E-state index is 12.8. The summed E-state index contributed by atoms with van der Waals surface area (Å²) in [6, 6.07) is 16.7. The first-order chi connectivity index (χ1) is 14.6. The van der Waals surface area contributed by atoms with Crippen molar-refractivity contribution in [2.45, 2.75) is 32.4 Å². The van der Waals surface area contributed by atoms with Crippen LogP contribution in [0.3, 0.4) is 0 Å². The van der Waals surface area contributed by atoms with Gasteiger partial charge in [-0.1, -0.05) is 30.3 Å². The number of ether oxygens (including phenoxy) is 2. The van der Waals surface area contributed by atoms with Crippen molar-refractivity contribution >= 4 is 11.9 Å². The van der Waals surface area contributed by atoms with Gasteiger partial charge < -0.3 is 19.7 Å². The Morgan fingerprint density at radius 3 is 2.33 bits per heavy atom. The van der Waals surface area contributed by atoms with E-state index < -0.39 is 12.0 Å². The summed E-state index contributed by atoms with van der Waals surface area (Å²) >= 11 is 0. The Kier molecular flexibility index (Phi) is 7.85. The minimum atomic E-state index is -0.766. The molecule has 0 unspecified atom stereocenters. The fraction of sp³-hybridized carbons (Fsp3) is 0.417. The quantitative estimate of drug-likeness (QED) is 0.651. The normalized spacial score (nSPS) is 19.5. The Morgan fingerprint density at radius 2 is 1.73 bits per heavy atom. The van der Waals surface area contributed by atoms with Crippen LogP contribution in [0.2, 0.25) is 0 Å². The number of amides is 1.